The highest BCUT2D eigenvalue weighted by atomic mass is 79.9. The zero-order chi connectivity index (χ0) is 12.8. The number of hydrogen-bond donors (Lipinski definition) is 0. The van der Waals surface area contributed by atoms with Gasteiger partial charge in [-0.2, -0.15) is 5.26 Å². The molecule has 0 saturated heterocycles. The molecular formula is C13H14BrNO2. The largest absolute Gasteiger partial charge is 0.493 e. The Hall–Kier alpha value is -1.47. The summed E-state index contributed by atoms with van der Waals surface area (Å²) in [6.45, 7) is 8.61. The quantitative estimate of drug-likeness (QED) is 0.776. The summed E-state index contributed by atoms with van der Waals surface area (Å²) in [7, 11) is 0. The molecule has 1 aromatic rings. The van der Waals surface area contributed by atoms with E-state index in [-0.39, 0.29) is 0 Å². The highest BCUT2D eigenvalue weighted by molar-refractivity contribution is 9.10. The predicted octanol–water partition coefficient (Wildman–Crippen LogP) is 3.78. The van der Waals surface area contributed by atoms with Crippen molar-refractivity contribution in [2.75, 3.05) is 13.2 Å². The molecule has 3 nitrogen and oxygen atoms in total. The van der Waals surface area contributed by atoms with E-state index in [0.717, 1.165) is 0 Å². The van der Waals surface area contributed by atoms with E-state index >= 15 is 0 Å². The van der Waals surface area contributed by atoms with Crippen LogP contribution in [-0.4, -0.2) is 13.2 Å². The van der Waals surface area contributed by atoms with Crippen LogP contribution in [0.25, 0.3) is 5.57 Å². The summed E-state index contributed by atoms with van der Waals surface area (Å²) in [5.74, 6) is 1.32. The summed E-state index contributed by atoms with van der Waals surface area (Å²) in [6, 6.07) is 5.63. The molecule has 0 heterocycles. The van der Waals surface area contributed by atoms with Crippen molar-refractivity contribution in [1.29, 1.82) is 5.26 Å². The predicted molar refractivity (Wildman–Crippen MR) is 71.1 cm³/mol. The van der Waals surface area contributed by atoms with Crippen LogP contribution in [0.2, 0.25) is 0 Å². The Balaban J connectivity index is 3.32. The smallest absolute Gasteiger partial charge is 0.134 e. The molecule has 0 aliphatic heterocycles. The molecule has 0 radical (unpaired) electrons. The second-order valence-corrected chi connectivity index (χ2v) is 4.00. The third kappa shape index (κ3) is 3.01. The summed E-state index contributed by atoms with van der Waals surface area (Å²) in [5.41, 5.74) is 1.00. The maximum absolute atomic E-state index is 8.96. The minimum Gasteiger partial charge on any atom is -0.493 e. The van der Waals surface area contributed by atoms with Crippen LogP contribution in [0.5, 0.6) is 11.5 Å². The van der Waals surface area contributed by atoms with Gasteiger partial charge in [0.05, 0.1) is 34.9 Å². The number of benzene rings is 1. The van der Waals surface area contributed by atoms with Crippen LogP contribution in [0.4, 0.5) is 0 Å². The van der Waals surface area contributed by atoms with Gasteiger partial charge in [0.25, 0.3) is 0 Å². The minimum atomic E-state index is 0.349. The molecule has 4 heteroatoms. The zero-order valence-corrected chi connectivity index (χ0v) is 11.5. The average molecular weight is 296 g/mol. The van der Waals surface area contributed by atoms with Crippen LogP contribution in [0.1, 0.15) is 19.4 Å². The van der Waals surface area contributed by atoms with Gasteiger partial charge in [0.2, 0.25) is 0 Å². The van der Waals surface area contributed by atoms with Gasteiger partial charge in [-0.05, 0) is 41.9 Å². The van der Waals surface area contributed by atoms with Crippen molar-refractivity contribution in [1.82, 2.24) is 0 Å². The van der Waals surface area contributed by atoms with E-state index in [1.165, 1.54) is 0 Å². The molecule has 0 fully saturated rings. The topological polar surface area (TPSA) is 42.2 Å². The normalized spacial score (nSPS) is 9.53. The summed E-state index contributed by atoms with van der Waals surface area (Å²) >= 11 is 3.43. The van der Waals surface area contributed by atoms with E-state index in [1.54, 1.807) is 6.07 Å². The number of rotatable bonds is 5. The van der Waals surface area contributed by atoms with Gasteiger partial charge in [-0.15, -0.1) is 0 Å². The SMILES string of the molecule is C=C(C#N)c1c(OCC)ccc(OCC)c1Br. The molecule has 0 aliphatic rings. The highest BCUT2D eigenvalue weighted by Gasteiger charge is 2.15. The van der Waals surface area contributed by atoms with Crippen LogP contribution in [-0.2, 0) is 0 Å². The Morgan fingerprint density at radius 1 is 1.29 bits per heavy atom. The van der Waals surface area contributed by atoms with E-state index in [4.69, 9.17) is 14.7 Å². The third-order valence-corrected chi connectivity index (χ3v) is 2.89. The molecule has 0 aromatic heterocycles. The van der Waals surface area contributed by atoms with Gasteiger partial charge < -0.3 is 9.47 Å². The van der Waals surface area contributed by atoms with Crippen molar-refractivity contribution in [2.45, 2.75) is 13.8 Å². The van der Waals surface area contributed by atoms with E-state index < -0.39 is 0 Å². The van der Waals surface area contributed by atoms with Gasteiger partial charge in [-0.25, -0.2) is 0 Å². The standard InChI is InChI=1S/C13H14BrNO2/c1-4-16-10-6-7-11(17-5-2)13(14)12(10)9(3)8-15/h6-7H,3-5H2,1-2H3. The monoisotopic (exact) mass is 295 g/mol. The number of nitrogens with zero attached hydrogens (tertiary/aromatic N) is 1. The van der Waals surface area contributed by atoms with Gasteiger partial charge in [-0.1, -0.05) is 6.58 Å². The fourth-order valence-electron chi connectivity index (χ4n) is 1.42. The Morgan fingerprint density at radius 2 is 1.82 bits per heavy atom. The van der Waals surface area contributed by atoms with Crippen molar-refractivity contribution in [3.63, 3.8) is 0 Å². The Labute approximate surface area is 110 Å². The summed E-state index contributed by atoms with van der Waals surface area (Å²) < 4.78 is 11.6. The second-order valence-electron chi connectivity index (χ2n) is 3.21. The lowest BCUT2D eigenvalue weighted by Gasteiger charge is -2.14. The van der Waals surface area contributed by atoms with E-state index in [9.17, 15) is 0 Å². The van der Waals surface area contributed by atoms with E-state index in [0.29, 0.717) is 40.3 Å². The first kappa shape index (κ1) is 13.6. The van der Waals surface area contributed by atoms with Crippen LogP contribution in [0, 0.1) is 11.3 Å². The number of allylic oxidation sites excluding steroid dienone is 1. The average Bonchev–Trinajstić information content (AvgIpc) is 2.32. The van der Waals surface area contributed by atoms with Crippen molar-refractivity contribution in [3.8, 4) is 17.6 Å². The first-order valence-electron chi connectivity index (χ1n) is 5.33. The van der Waals surface area contributed by atoms with Crippen LogP contribution in [0.3, 0.4) is 0 Å². The number of hydrogen-bond acceptors (Lipinski definition) is 3. The minimum absolute atomic E-state index is 0.349. The summed E-state index contributed by atoms with van der Waals surface area (Å²) in [6.07, 6.45) is 0. The van der Waals surface area contributed by atoms with Gasteiger partial charge in [0.15, 0.2) is 0 Å². The van der Waals surface area contributed by atoms with Gasteiger partial charge in [0.1, 0.15) is 11.5 Å². The maximum Gasteiger partial charge on any atom is 0.134 e. The lowest BCUT2D eigenvalue weighted by molar-refractivity contribution is 0.328. The number of ether oxygens (including phenoxy) is 2. The van der Waals surface area contributed by atoms with Crippen molar-refractivity contribution >= 4 is 21.5 Å². The van der Waals surface area contributed by atoms with Crippen LogP contribution in [0.15, 0.2) is 23.2 Å². The molecule has 0 atom stereocenters. The fraction of sp³-hybridized carbons (Fsp3) is 0.308. The fourth-order valence-corrected chi connectivity index (χ4v) is 2.10. The summed E-state index contributed by atoms with van der Waals surface area (Å²) in [5, 5.41) is 8.96. The molecule has 0 unspecified atom stereocenters. The first-order valence-corrected chi connectivity index (χ1v) is 6.12. The molecule has 0 bridgehead atoms. The third-order valence-electron chi connectivity index (χ3n) is 2.10. The molecule has 1 aromatic carbocycles. The lowest BCUT2D eigenvalue weighted by Crippen LogP contribution is -1.99. The Morgan fingerprint density at radius 3 is 2.35 bits per heavy atom. The van der Waals surface area contributed by atoms with Gasteiger partial charge in [-0.3, -0.25) is 0 Å². The van der Waals surface area contributed by atoms with Crippen LogP contribution < -0.4 is 9.47 Å². The second kappa shape index (κ2) is 6.31. The lowest BCUT2D eigenvalue weighted by atomic mass is 10.1. The zero-order valence-electron chi connectivity index (χ0n) is 9.92. The molecule has 17 heavy (non-hydrogen) atoms. The van der Waals surface area contributed by atoms with Crippen molar-refractivity contribution < 1.29 is 9.47 Å². The Bertz CT molecular complexity index is 463. The molecule has 0 spiro atoms. The molecule has 90 valence electrons. The molecule has 0 amide bonds. The van der Waals surface area contributed by atoms with Crippen molar-refractivity contribution in [2.24, 2.45) is 0 Å². The molecular weight excluding hydrogens is 282 g/mol. The van der Waals surface area contributed by atoms with Gasteiger partial charge >= 0.3 is 0 Å². The molecule has 0 saturated carbocycles. The highest BCUT2D eigenvalue weighted by Crippen LogP contribution is 2.38. The molecule has 0 N–H and O–H groups in total. The number of halogens is 1. The molecule has 0 aliphatic carbocycles. The maximum atomic E-state index is 8.96. The van der Waals surface area contributed by atoms with E-state index in [2.05, 4.69) is 22.5 Å². The summed E-state index contributed by atoms with van der Waals surface area (Å²) in [4.78, 5) is 0. The first-order chi connectivity index (χ1) is 8.15. The van der Waals surface area contributed by atoms with Crippen LogP contribution >= 0.6 is 15.9 Å². The number of nitriles is 1. The van der Waals surface area contributed by atoms with Gasteiger partial charge in [0, 0.05) is 0 Å². The van der Waals surface area contributed by atoms with E-state index in [1.807, 2.05) is 26.0 Å². The van der Waals surface area contributed by atoms with Crippen molar-refractivity contribution in [3.05, 3.63) is 28.7 Å². The molecule has 1 rings (SSSR count). The Kier molecular flexibility index (Phi) is 5.05.